The molecule has 1 spiro atoms. The van der Waals surface area contributed by atoms with Crippen molar-refractivity contribution in [2.24, 2.45) is 5.10 Å². The molecule has 2 heterocycles. The number of pyridine rings is 1. The molecule has 1 saturated carbocycles. The Hall–Kier alpha value is -3.29. The van der Waals surface area contributed by atoms with Gasteiger partial charge in [0.05, 0.1) is 17.2 Å². The van der Waals surface area contributed by atoms with E-state index in [0.717, 1.165) is 4.47 Å². The van der Waals surface area contributed by atoms with Gasteiger partial charge in [-0.25, -0.2) is 10.2 Å². The maximum atomic E-state index is 12.5. The summed E-state index contributed by atoms with van der Waals surface area (Å²) in [5.41, 5.74) is 3.08. The van der Waals surface area contributed by atoms with Crippen LogP contribution in [0.15, 0.2) is 52.2 Å². The standard InChI is InChI=1S/C25H26BrN5O4/c1-16(29-22(32)20-5-3-4-12-28-20)14-24(34-2)8-10-25(11-9-24)21(30-31-23(33)35-25)18-13-17(15-27)6-7-19(18)26/h3-7,12-13,16H,8-11,14H2,1-2H3,(H,29,32)(H,31,33)/t16-,24?,25?/m0/s1. The summed E-state index contributed by atoms with van der Waals surface area (Å²) in [6, 6.07) is 12.4. The van der Waals surface area contributed by atoms with Crippen LogP contribution in [0.4, 0.5) is 4.79 Å². The van der Waals surface area contributed by atoms with Gasteiger partial charge in [0.2, 0.25) is 0 Å². The summed E-state index contributed by atoms with van der Waals surface area (Å²) in [7, 11) is 1.67. The van der Waals surface area contributed by atoms with E-state index in [9.17, 15) is 14.9 Å². The molecule has 1 aromatic carbocycles. The van der Waals surface area contributed by atoms with Crippen LogP contribution < -0.4 is 10.7 Å². The van der Waals surface area contributed by atoms with Gasteiger partial charge >= 0.3 is 6.09 Å². The fourth-order valence-electron chi connectivity index (χ4n) is 4.88. The first-order valence-corrected chi connectivity index (χ1v) is 12.1. The Morgan fingerprint density at radius 1 is 1.31 bits per heavy atom. The Labute approximate surface area is 212 Å². The lowest BCUT2D eigenvalue weighted by Gasteiger charge is -2.47. The zero-order valence-electron chi connectivity index (χ0n) is 19.5. The Kier molecular flexibility index (Phi) is 7.19. The highest BCUT2D eigenvalue weighted by atomic mass is 79.9. The predicted octanol–water partition coefficient (Wildman–Crippen LogP) is 4.07. The molecule has 0 radical (unpaired) electrons. The number of carbonyl (C=O) groups excluding carboxylic acids is 2. The molecular formula is C25H26BrN5O4. The van der Waals surface area contributed by atoms with E-state index >= 15 is 0 Å². The second-order valence-electron chi connectivity index (χ2n) is 8.94. The second-order valence-corrected chi connectivity index (χ2v) is 9.80. The summed E-state index contributed by atoms with van der Waals surface area (Å²) in [4.78, 5) is 28.8. The van der Waals surface area contributed by atoms with Crippen LogP contribution >= 0.6 is 15.9 Å². The Morgan fingerprint density at radius 3 is 2.74 bits per heavy atom. The molecule has 10 heteroatoms. The molecule has 1 fully saturated rings. The number of nitriles is 1. The molecule has 2 aromatic rings. The largest absolute Gasteiger partial charge is 0.435 e. The predicted molar refractivity (Wildman–Crippen MR) is 132 cm³/mol. The molecule has 4 rings (SSSR count). The van der Waals surface area contributed by atoms with E-state index in [1.807, 2.05) is 6.92 Å². The van der Waals surface area contributed by atoms with Crippen LogP contribution in [0, 0.1) is 11.3 Å². The highest BCUT2D eigenvalue weighted by Gasteiger charge is 2.51. The minimum absolute atomic E-state index is 0.163. The van der Waals surface area contributed by atoms with Crippen LogP contribution in [0.5, 0.6) is 0 Å². The lowest BCUT2D eigenvalue weighted by molar-refractivity contribution is -0.0897. The number of hydrogen-bond donors (Lipinski definition) is 2. The molecule has 35 heavy (non-hydrogen) atoms. The molecule has 2 aliphatic rings. The topological polar surface area (TPSA) is 126 Å². The van der Waals surface area contributed by atoms with E-state index in [1.54, 1.807) is 49.7 Å². The van der Waals surface area contributed by atoms with Gasteiger partial charge in [-0.15, -0.1) is 0 Å². The van der Waals surface area contributed by atoms with E-state index in [2.05, 4.69) is 42.8 Å². The number of benzene rings is 1. The summed E-state index contributed by atoms with van der Waals surface area (Å²) in [6.45, 7) is 1.94. The summed E-state index contributed by atoms with van der Waals surface area (Å²) in [5.74, 6) is -0.236. The van der Waals surface area contributed by atoms with Crippen molar-refractivity contribution in [3.05, 3.63) is 63.9 Å². The second kappa shape index (κ2) is 10.1. The number of methoxy groups -OCH3 is 1. The fraction of sp³-hybridized carbons (Fsp3) is 0.400. The fourth-order valence-corrected chi connectivity index (χ4v) is 5.31. The zero-order valence-corrected chi connectivity index (χ0v) is 21.1. The number of halogens is 1. The average molecular weight is 540 g/mol. The first-order chi connectivity index (χ1) is 16.8. The van der Waals surface area contributed by atoms with Gasteiger partial charge in [-0.3, -0.25) is 9.78 Å². The minimum atomic E-state index is -0.943. The smallest absolute Gasteiger partial charge is 0.428 e. The van der Waals surface area contributed by atoms with Crippen molar-refractivity contribution in [1.29, 1.82) is 5.26 Å². The maximum Gasteiger partial charge on any atom is 0.428 e. The molecule has 182 valence electrons. The molecule has 1 aliphatic carbocycles. The normalized spacial score (nSPS) is 24.5. The summed E-state index contributed by atoms with van der Waals surface area (Å²) >= 11 is 3.54. The van der Waals surface area contributed by atoms with Crippen LogP contribution in [0.25, 0.3) is 0 Å². The van der Waals surface area contributed by atoms with Crippen molar-refractivity contribution >= 4 is 33.6 Å². The first kappa shape index (κ1) is 24.8. The number of nitrogens with zero attached hydrogens (tertiary/aromatic N) is 3. The Morgan fingerprint density at radius 2 is 2.09 bits per heavy atom. The van der Waals surface area contributed by atoms with Crippen molar-refractivity contribution in [3.63, 3.8) is 0 Å². The van der Waals surface area contributed by atoms with Crippen molar-refractivity contribution in [1.82, 2.24) is 15.7 Å². The summed E-state index contributed by atoms with van der Waals surface area (Å²) in [6.07, 6.45) is 3.71. The Balaban J connectivity index is 1.52. The van der Waals surface area contributed by atoms with Crippen molar-refractivity contribution in [2.75, 3.05) is 7.11 Å². The van der Waals surface area contributed by atoms with Gasteiger partial charge in [-0.05, 0) is 69.4 Å². The van der Waals surface area contributed by atoms with Gasteiger partial charge in [-0.1, -0.05) is 22.0 Å². The zero-order chi connectivity index (χ0) is 25.1. The average Bonchev–Trinajstić information content (AvgIpc) is 2.87. The number of nitrogens with one attached hydrogen (secondary N) is 2. The lowest BCUT2D eigenvalue weighted by atomic mass is 9.70. The lowest BCUT2D eigenvalue weighted by Crippen LogP contribution is -2.56. The third-order valence-electron chi connectivity index (χ3n) is 6.68. The van der Waals surface area contributed by atoms with E-state index in [0.29, 0.717) is 54.6 Å². The van der Waals surface area contributed by atoms with Crippen LogP contribution in [0.1, 0.15) is 60.6 Å². The monoisotopic (exact) mass is 539 g/mol. The number of aromatic nitrogens is 1. The number of amides is 2. The summed E-state index contributed by atoms with van der Waals surface area (Å²) < 4.78 is 12.6. The van der Waals surface area contributed by atoms with E-state index in [4.69, 9.17) is 9.47 Å². The van der Waals surface area contributed by atoms with Crippen molar-refractivity contribution < 1.29 is 19.1 Å². The number of rotatable bonds is 6. The van der Waals surface area contributed by atoms with Crippen LogP contribution in [0.2, 0.25) is 0 Å². The molecule has 1 aromatic heterocycles. The molecule has 2 N–H and O–H groups in total. The molecular weight excluding hydrogens is 514 g/mol. The molecule has 0 bridgehead atoms. The van der Waals surface area contributed by atoms with Gasteiger partial charge < -0.3 is 14.8 Å². The number of hydrazone groups is 1. The van der Waals surface area contributed by atoms with Crippen LogP contribution in [-0.4, -0.2) is 47.0 Å². The number of carbonyl (C=O) groups is 2. The van der Waals surface area contributed by atoms with Crippen molar-refractivity contribution in [3.8, 4) is 6.07 Å². The van der Waals surface area contributed by atoms with E-state index in [-0.39, 0.29) is 11.9 Å². The number of hydrogen-bond acceptors (Lipinski definition) is 7. The molecule has 1 atom stereocenters. The Bertz CT molecular complexity index is 1190. The molecule has 0 saturated heterocycles. The van der Waals surface area contributed by atoms with Crippen LogP contribution in [0.3, 0.4) is 0 Å². The number of ether oxygens (including phenoxy) is 2. The van der Waals surface area contributed by atoms with Gasteiger partial charge in [0, 0.05) is 29.4 Å². The van der Waals surface area contributed by atoms with Crippen LogP contribution in [-0.2, 0) is 9.47 Å². The highest BCUT2D eigenvalue weighted by Crippen LogP contribution is 2.45. The first-order valence-electron chi connectivity index (χ1n) is 11.3. The molecule has 0 unspecified atom stereocenters. The van der Waals surface area contributed by atoms with E-state index < -0.39 is 17.3 Å². The SMILES string of the molecule is COC1(C[C@H](C)NC(=O)c2ccccn2)CCC2(CC1)OC(=O)NN=C2c1cc(C#N)ccc1Br. The third kappa shape index (κ3) is 5.21. The molecule has 2 amide bonds. The molecule has 9 nitrogen and oxygen atoms in total. The van der Waals surface area contributed by atoms with Crippen molar-refractivity contribution in [2.45, 2.75) is 56.3 Å². The van der Waals surface area contributed by atoms with Gasteiger partial charge in [-0.2, -0.15) is 10.4 Å². The van der Waals surface area contributed by atoms with Gasteiger partial charge in [0.25, 0.3) is 5.91 Å². The summed E-state index contributed by atoms with van der Waals surface area (Å²) in [5, 5.41) is 16.7. The minimum Gasteiger partial charge on any atom is -0.435 e. The quantitative estimate of drug-likeness (QED) is 0.569. The molecule has 1 aliphatic heterocycles. The highest BCUT2D eigenvalue weighted by molar-refractivity contribution is 9.10. The third-order valence-corrected chi connectivity index (χ3v) is 7.38. The van der Waals surface area contributed by atoms with Gasteiger partial charge in [0.1, 0.15) is 11.4 Å². The maximum absolute atomic E-state index is 12.5. The van der Waals surface area contributed by atoms with E-state index in [1.165, 1.54) is 0 Å². The van der Waals surface area contributed by atoms with Gasteiger partial charge in [0.15, 0.2) is 5.60 Å².